The number of likely N-dealkylation sites (tertiary alicyclic amines) is 1. The van der Waals surface area contributed by atoms with Gasteiger partial charge in [0.1, 0.15) is 0 Å². The Morgan fingerprint density at radius 2 is 1.63 bits per heavy atom. The van der Waals surface area contributed by atoms with Gasteiger partial charge in [0, 0.05) is 43.9 Å². The second-order valence-corrected chi connectivity index (χ2v) is 7.73. The predicted octanol–water partition coefficient (Wildman–Crippen LogP) is 4.79. The number of amides is 3. The van der Waals surface area contributed by atoms with Gasteiger partial charge in [-0.15, -0.1) is 0 Å². The minimum absolute atomic E-state index is 0.00862. The van der Waals surface area contributed by atoms with Crippen LogP contribution in [-0.4, -0.2) is 44.0 Å². The van der Waals surface area contributed by atoms with E-state index in [2.05, 4.69) is 10.6 Å². The summed E-state index contributed by atoms with van der Waals surface area (Å²) in [5, 5.41) is 7.82. The summed E-state index contributed by atoms with van der Waals surface area (Å²) in [6.07, 6.45) is 2.07. The molecule has 0 spiro atoms. The standard InChI is InChI=1S/C24H26N4O2/c1-27(2)22-13-12-18(16-20(22)23(29)28-14-5-6-15-28)25-24(30)26-21-11-7-9-17-8-3-4-10-19(17)21/h3-4,7-13,16H,5-6,14-15H2,1-2H3,(H2,25,26,30). The van der Waals surface area contributed by atoms with Gasteiger partial charge >= 0.3 is 6.03 Å². The third-order valence-corrected chi connectivity index (χ3v) is 5.40. The van der Waals surface area contributed by atoms with E-state index < -0.39 is 0 Å². The lowest BCUT2D eigenvalue weighted by Crippen LogP contribution is -2.29. The van der Waals surface area contributed by atoms with Crippen LogP contribution in [0.3, 0.4) is 0 Å². The van der Waals surface area contributed by atoms with Gasteiger partial charge < -0.3 is 20.4 Å². The van der Waals surface area contributed by atoms with E-state index in [0.29, 0.717) is 11.3 Å². The zero-order chi connectivity index (χ0) is 21.1. The summed E-state index contributed by atoms with van der Waals surface area (Å²) in [6, 6.07) is 18.8. The third kappa shape index (κ3) is 4.08. The van der Waals surface area contributed by atoms with E-state index in [1.807, 2.05) is 78.5 Å². The van der Waals surface area contributed by atoms with Gasteiger partial charge in [0.05, 0.1) is 11.3 Å². The van der Waals surface area contributed by atoms with Crippen molar-refractivity contribution < 1.29 is 9.59 Å². The second-order valence-electron chi connectivity index (χ2n) is 7.73. The van der Waals surface area contributed by atoms with Crippen molar-refractivity contribution in [2.24, 2.45) is 0 Å². The Bertz CT molecular complexity index is 1080. The van der Waals surface area contributed by atoms with Crippen LogP contribution >= 0.6 is 0 Å². The Morgan fingerprint density at radius 1 is 0.900 bits per heavy atom. The van der Waals surface area contributed by atoms with E-state index in [9.17, 15) is 9.59 Å². The van der Waals surface area contributed by atoms with Crippen LogP contribution in [0.2, 0.25) is 0 Å². The first-order chi connectivity index (χ1) is 14.5. The molecular formula is C24H26N4O2. The van der Waals surface area contributed by atoms with Crippen LogP contribution in [0.15, 0.2) is 60.7 Å². The van der Waals surface area contributed by atoms with E-state index in [1.54, 1.807) is 6.07 Å². The van der Waals surface area contributed by atoms with Crippen molar-refractivity contribution >= 4 is 39.8 Å². The van der Waals surface area contributed by atoms with Crippen LogP contribution in [0.4, 0.5) is 21.9 Å². The minimum Gasteiger partial charge on any atom is -0.377 e. The summed E-state index contributed by atoms with van der Waals surface area (Å²) in [7, 11) is 3.83. The second kappa shape index (κ2) is 8.45. The van der Waals surface area contributed by atoms with Gasteiger partial charge in [-0.3, -0.25) is 4.79 Å². The highest BCUT2D eigenvalue weighted by Gasteiger charge is 2.23. The van der Waals surface area contributed by atoms with Crippen molar-refractivity contribution in [1.82, 2.24) is 4.90 Å². The molecule has 4 rings (SSSR count). The van der Waals surface area contributed by atoms with Crippen molar-refractivity contribution in [3.8, 4) is 0 Å². The van der Waals surface area contributed by atoms with Gasteiger partial charge in [-0.2, -0.15) is 0 Å². The molecule has 0 atom stereocenters. The van der Waals surface area contributed by atoms with Crippen molar-refractivity contribution in [3.63, 3.8) is 0 Å². The van der Waals surface area contributed by atoms with Crippen LogP contribution in [0, 0.1) is 0 Å². The highest BCUT2D eigenvalue weighted by Crippen LogP contribution is 2.27. The Labute approximate surface area is 176 Å². The van der Waals surface area contributed by atoms with E-state index in [4.69, 9.17) is 0 Å². The van der Waals surface area contributed by atoms with Gasteiger partial charge in [0.15, 0.2) is 0 Å². The largest absolute Gasteiger partial charge is 0.377 e. The highest BCUT2D eigenvalue weighted by atomic mass is 16.2. The van der Waals surface area contributed by atoms with Crippen LogP contribution in [0.25, 0.3) is 10.8 Å². The summed E-state index contributed by atoms with van der Waals surface area (Å²) in [6.45, 7) is 1.57. The molecule has 154 valence electrons. The predicted molar refractivity (Wildman–Crippen MR) is 122 cm³/mol. The SMILES string of the molecule is CN(C)c1ccc(NC(=O)Nc2cccc3ccccc23)cc1C(=O)N1CCCC1. The zero-order valence-electron chi connectivity index (χ0n) is 17.3. The maximum absolute atomic E-state index is 13.0. The van der Waals surface area contributed by atoms with Gasteiger partial charge in [-0.1, -0.05) is 36.4 Å². The molecule has 3 amide bonds. The number of carbonyl (C=O) groups excluding carboxylic acids is 2. The molecule has 0 radical (unpaired) electrons. The minimum atomic E-state index is -0.344. The summed E-state index contributed by atoms with van der Waals surface area (Å²) in [5.41, 5.74) is 2.77. The molecule has 3 aromatic rings. The number of hydrogen-bond acceptors (Lipinski definition) is 3. The molecule has 0 unspecified atom stereocenters. The molecule has 6 nitrogen and oxygen atoms in total. The molecule has 30 heavy (non-hydrogen) atoms. The average Bonchev–Trinajstić information content (AvgIpc) is 3.28. The van der Waals surface area contributed by atoms with Gasteiger partial charge in [0.25, 0.3) is 5.91 Å². The number of nitrogens with zero attached hydrogens (tertiary/aromatic N) is 2. The quantitative estimate of drug-likeness (QED) is 0.660. The van der Waals surface area contributed by atoms with Crippen molar-refractivity contribution in [2.45, 2.75) is 12.8 Å². The van der Waals surface area contributed by atoms with Gasteiger partial charge in [0.2, 0.25) is 0 Å². The molecular weight excluding hydrogens is 376 g/mol. The number of hydrogen-bond donors (Lipinski definition) is 2. The Hall–Kier alpha value is -3.54. The number of urea groups is 1. The van der Waals surface area contributed by atoms with Gasteiger partial charge in [-0.05, 0) is 42.5 Å². The van der Waals surface area contributed by atoms with Crippen LogP contribution in [0.1, 0.15) is 23.2 Å². The summed E-state index contributed by atoms with van der Waals surface area (Å²) in [4.78, 5) is 29.5. The molecule has 2 N–H and O–H groups in total. The maximum Gasteiger partial charge on any atom is 0.323 e. The number of benzene rings is 3. The summed E-state index contributed by atoms with van der Waals surface area (Å²) < 4.78 is 0. The maximum atomic E-state index is 13.0. The number of carbonyl (C=O) groups is 2. The third-order valence-electron chi connectivity index (χ3n) is 5.40. The van der Waals surface area contributed by atoms with E-state index in [-0.39, 0.29) is 11.9 Å². The Morgan fingerprint density at radius 3 is 2.40 bits per heavy atom. The molecule has 0 aliphatic carbocycles. The van der Waals surface area contributed by atoms with Crippen LogP contribution in [0.5, 0.6) is 0 Å². The van der Waals surface area contributed by atoms with Crippen molar-refractivity contribution in [3.05, 3.63) is 66.2 Å². The normalized spacial score (nSPS) is 13.3. The molecule has 0 saturated carbocycles. The molecule has 1 saturated heterocycles. The topological polar surface area (TPSA) is 64.7 Å². The lowest BCUT2D eigenvalue weighted by Gasteiger charge is -2.22. The molecule has 0 aromatic heterocycles. The average molecular weight is 402 g/mol. The number of rotatable bonds is 4. The lowest BCUT2D eigenvalue weighted by atomic mass is 10.1. The molecule has 0 bridgehead atoms. The van der Waals surface area contributed by atoms with Crippen molar-refractivity contribution in [2.75, 3.05) is 42.7 Å². The fraction of sp³-hybridized carbons (Fsp3) is 0.250. The Balaban J connectivity index is 1.55. The Kier molecular flexibility index (Phi) is 5.57. The fourth-order valence-electron chi connectivity index (χ4n) is 3.88. The summed E-state index contributed by atoms with van der Waals surface area (Å²) in [5.74, 6) is 0.00862. The van der Waals surface area contributed by atoms with E-state index >= 15 is 0 Å². The smallest absolute Gasteiger partial charge is 0.323 e. The first-order valence-electron chi connectivity index (χ1n) is 10.2. The van der Waals surface area contributed by atoms with E-state index in [0.717, 1.165) is 48.1 Å². The fourth-order valence-corrected chi connectivity index (χ4v) is 3.88. The first-order valence-corrected chi connectivity index (χ1v) is 10.2. The van der Waals surface area contributed by atoms with Gasteiger partial charge in [-0.25, -0.2) is 4.79 Å². The highest BCUT2D eigenvalue weighted by molar-refractivity contribution is 6.07. The molecule has 1 aliphatic heterocycles. The van der Waals surface area contributed by atoms with Crippen LogP contribution < -0.4 is 15.5 Å². The van der Waals surface area contributed by atoms with E-state index in [1.165, 1.54) is 0 Å². The van der Waals surface area contributed by atoms with Crippen molar-refractivity contribution in [1.29, 1.82) is 0 Å². The summed E-state index contributed by atoms with van der Waals surface area (Å²) >= 11 is 0. The molecule has 1 heterocycles. The monoisotopic (exact) mass is 402 g/mol. The molecule has 1 aliphatic rings. The number of nitrogens with one attached hydrogen (secondary N) is 2. The molecule has 3 aromatic carbocycles. The zero-order valence-corrected chi connectivity index (χ0v) is 17.3. The number of fused-ring (bicyclic) bond motifs is 1. The number of anilines is 3. The first kappa shape index (κ1) is 19.8. The van der Waals surface area contributed by atoms with Crippen LogP contribution in [-0.2, 0) is 0 Å². The molecule has 1 fully saturated rings. The molecule has 6 heteroatoms. The lowest BCUT2D eigenvalue weighted by molar-refractivity contribution is 0.0793.